The Kier molecular flexibility index (Phi) is 2.59. The third-order valence-corrected chi connectivity index (χ3v) is 4.84. The van der Waals surface area contributed by atoms with Gasteiger partial charge in [0.05, 0.1) is 11.6 Å². The van der Waals surface area contributed by atoms with Crippen LogP contribution in [0.15, 0.2) is 35.5 Å². The minimum Gasteiger partial charge on any atom is -0.462 e. The Morgan fingerprint density at radius 2 is 2.10 bits per heavy atom. The molecule has 5 atom stereocenters. The second-order valence-corrected chi connectivity index (χ2v) is 5.98. The zero-order valence-electron chi connectivity index (χ0n) is 11.4. The summed E-state index contributed by atoms with van der Waals surface area (Å²) in [6.45, 7) is 1.49. The van der Waals surface area contributed by atoms with Gasteiger partial charge in [0.15, 0.2) is 0 Å². The summed E-state index contributed by atoms with van der Waals surface area (Å²) in [4.78, 5) is 16.9. The maximum atomic E-state index is 11.2. The van der Waals surface area contributed by atoms with Gasteiger partial charge < -0.3 is 9.57 Å². The van der Waals surface area contributed by atoms with Crippen LogP contribution in [0.3, 0.4) is 0 Å². The number of nitrogens with zero attached hydrogens (tertiary/aromatic N) is 1. The van der Waals surface area contributed by atoms with Crippen LogP contribution in [-0.4, -0.2) is 23.9 Å². The third-order valence-electron chi connectivity index (χ3n) is 4.84. The van der Waals surface area contributed by atoms with E-state index >= 15 is 0 Å². The largest absolute Gasteiger partial charge is 0.462 e. The molecule has 0 aromatic heterocycles. The number of hydrogen-bond acceptors (Lipinski definition) is 4. The molecule has 4 nitrogen and oxygen atoms in total. The predicted octanol–water partition coefficient (Wildman–Crippen LogP) is 2.38. The molecule has 0 amide bonds. The van der Waals surface area contributed by atoms with Crippen LogP contribution < -0.4 is 0 Å². The van der Waals surface area contributed by atoms with Crippen molar-refractivity contribution < 1.29 is 14.4 Å². The minimum absolute atomic E-state index is 0.0364. The van der Waals surface area contributed by atoms with Crippen LogP contribution in [0.5, 0.6) is 0 Å². The fourth-order valence-corrected chi connectivity index (χ4v) is 4.14. The van der Waals surface area contributed by atoms with Crippen LogP contribution in [0.2, 0.25) is 0 Å². The van der Waals surface area contributed by atoms with Crippen molar-refractivity contribution in [2.24, 2.45) is 22.9 Å². The lowest BCUT2D eigenvalue weighted by Gasteiger charge is -2.29. The van der Waals surface area contributed by atoms with Gasteiger partial charge in [-0.1, -0.05) is 35.5 Å². The van der Waals surface area contributed by atoms with E-state index in [0.29, 0.717) is 11.8 Å². The Morgan fingerprint density at radius 1 is 1.30 bits per heavy atom. The van der Waals surface area contributed by atoms with E-state index < -0.39 is 0 Å². The summed E-state index contributed by atoms with van der Waals surface area (Å²) < 4.78 is 5.49. The highest BCUT2D eigenvalue weighted by Crippen LogP contribution is 2.54. The van der Waals surface area contributed by atoms with E-state index in [0.717, 1.165) is 24.1 Å². The number of hydrogen-bond donors (Lipinski definition) is 0. The molecule has 2 fully saturated rings. The topological polar surface area (TPSA) is 47.9 Å². The maximum absolute atomic E-state index is 11.2. The van der Waals surface area contributed by atoms with Crippen LogP contribution in [0, 0.1) is 17.8 Å². The first-order chi connectivity index (χ1) is 9.74. The van der Waals surface area contributed by atoms with Gasteiger partial charge in [-0.25, -0.2) is 0 Å². The van der Waals surface area contributed by atoms with Crippen molar-refractivity contribution in [3.8, 4) is 0 Å². The average molecular weight is 271 g/mol. The molecule has 1 aromatic rings. The number of rotatable bonds is 2. The van der Waals surface area contributed by atoms with Gasteiger partial charge >= 0.3 is 5.97 Å². The highest BCUT2D eigenvalue weighted by Gasteiger charge is 2.59. The second-order valence-electron chi connectivity index (χ2n) is 5.98. The fourth-order valence-electron chi connectivity index (χ4n) is 4.14. The summed E-state index contributed by atoms with van der Waals surface area (Å²) >= 11 is 0. The average Bonchev–Trinajstić information content (AvgIpc) is 3.09. The first-order valence-corrected chi connectivity index (χ1v) is 7.20. The van der Waals surface area contributed by atoms with Gasteiger partial charge in [-0.05, 0) is 18.4 Å². The molecule has 2 bridgehead atoms. The highest BCUT2D eigenvalue weighted by molar-refractivity contribution is 6.03. The number of fused-ring (bicyclic) bond motifs is 5. The Balaban J connectivity index is 1.62. The van der Waals surface area contributed by atoms with E-state index in [-0.39, 0.29) is 24.1 Å². The smallest absolute Gasteiger partial charge is 0.302 e. The molecule has 0 radical (unpaired) electrons. The number of carbonyl (C=O) groups is 1. The number of benzene rings is 1. The van der Waals surface area contributed by atoms with Crippen molar-refractivity contribution in [3.05, 3.63) is 35.9 Å². The Hall–Kier alpha value is -1.84. The summed E-state index contributed by atoms with van der Waals surface area (Å²) in [5.41, 5.74) is 2.15. The van der Waals surface area contributed by atoms with E-state index in [1.165, 1.54) is 6.92 Å². The molecule has 1 aromatic carbocycles. The summed E-state index contributed by atoms with van der Waals surface area (Å²) in [6.07, 6.45) is 2.22. The van der Waals surface area contributed by atoms with E-state index in [4.69, 9.17) is 9.57 Å². The Labute approximate surface area is 117 Å². The van der Waals surface area contributed by atoms with Crippen molar-refractivity contribution in [2.75, 3.05) is 0 Å². The summed E-state index contributed by atoms with van der Waals surface area (Å²) in [5.74, 6) is 0.923. The molecule has 2 saturated carbocycles. The number of carbonyl (C=O) groups excluding carboxylic acids is 1. The van der Waals surface area contributed by atoms with Crippen LogP contribution >= 0.6 is 0 Å². The predicted molar refractivity (Wildman–Crippen MR) is 73.1 cm³/mol. The molecule has 20 heavy (non-hydrogen) atoms. The van der Waals surface area contributed by atoms with E-state index in [2.05, 4.69) is 17.3 Å². The van der Waals surface area contributed by atoms with Gasteiger partial charge in [-0.2, -0.15) is 0 Å². The molecule has 0 unspecified atom stereocenters. The lowest BCUT2D eigenvalue weighted by molar-refractivity contribution is -0.150. The molecule has 0 N–H and O–H groups in total. The summed E-state index contributed by atoms with van der Waals surface area (Å²) in [5, 5.41) is 4.32. The van der Waals surface area contributed by atoms with E-state index in [1.807, 2.05) is 18.2 Å². The molecule has 104 valence electrons. The van der Waals surface area contributed by atoms with Gasteiger partial charge in [0.25, 0.3) is 0 Å². The lowest BCUT2D eigenvalue weighted by atomic mass is 9.80. The summed E-state index contributed by atoms with van der Waals surface area (Å²) in [6, 6.07) is 10.2. The van der Waals surface area contributed by atoms with Gasteiger partial charge in [0.2, 0.25) is 0 Å². The van der Waals surface area contributed by atoms with Crippen molar-refractivity contribution in [1.82, 2.24) is 0 Å². The molecule has 3 aliphatic rings. The number of ether oxygens (including phenoxy) is 1. The molecular weight excluding hydrogens is 254 g/mol. The van der Waals surface area contributed by atoms with Crippen molar-refractivity contribution in [1.29, 1.82) is 0 Å². The molecule has 2 aliphatic carbocycles. The molecular formula is C16H17NO3. The van der Waals surface area contributed by atoms with Crippen LogP contribution in [0.25, 0.3) is 0 Å². The lowest BCUT2D eigenvalue weighted by Crippen LogP contribution is -2.38. The second kappa shape index (κ2) is 4.33. The molecule has 1 aliphatic heterocycles. The number of oxime groups is 1. The standard InChI is InChI=1S/C16H17NO3/c1-9(18)19-13-8-11-7-12(13)14-15(17-20-16(11)14)10-5-3-2-4-6-10/h2-6,11-14,16H,7-8H2,1H3/t11-,12+,13-,14-,16-/m0/s1. The van der Waals surface area contributed by atoms with Gasteiger partial charge in [-0.3, -0.25) is 4.79 Å². The molecule has 4 heteroatoms. The van der Waals surface area contributed by atoms with Crippen LogP contribution in [-0.2, 0) is 14.4 Å². The fraction of sp³-hybridized carbons (Fsp3) is 0.500. The molecule has 0 saturated heterocycles. The van der Waals surface area contributed by atoms with Gasteiger partial charge in [0.1, 0.15) is 12.2 Å². The van der Waals surface area contributed by atoms with E-state index in [9.17, 15) is 4.79 Å². The monoisotopic (exact) mass is 271 g/mol. The number of esters is 1. The maximum Gasteiger partial charge on any atom is 0.302 e. The molecule has 0 spiro atoms. The Morgan fingerprint density at radius 3 is 2.85 bits per heavy atom. The summed E-state index contributed by atoms with van der Waals surface area (Å²) in [7, 11) is 0. The quantitative estimate of drug-likeness (QED) is 0.776. The van der Waals surface area contributed by atoms with Crippen LogP contribution in [0.1, 0.15) is 25.3 Å². The zero-order chi connectivity index (χ0) is 13.7. The minimum atomic E-state index is -0.184. The van der Waals surface area contributed by atoms with Crippen molar-refractivity contribution in [3.63, 3.8) is 0 Å². The zero-order valence-corrected chi connectivity index (χ0v) is 11.4. The van der Waals surface area contributed by atoms with E-state index in [1.54, 1.807) is 0 Å². The van der Waals surface area contributed by atoms with Crippen molar-refractivity contribution >= 4 is 11.7 Å². The highest BCUT2D eigenvalue weighted by atomic mass is 16.6. The normalized spacial score (nSPS) is 37.2. The Bertz CT molecular complexity index is 568. The molecule has 1 heterocycles. The van der Waals surface area contributed by atoms with Crippen molar-refractivity contribution in [2.45, 2.75) is 32.0 Å². The third kappa shape index (κ3) is 1.67. The van der Waals surface area contributed by atoms with Crippen LogP contribution in [0.4, 0.5) is 0 Å². The van der Waals surface area contributed by atoms with Gasteiger partial charge in [0, 0.05) is 18.8 Å². The first-order valence-electron chi connectivity index (χ1n) is 7.20. The molecule has 4 rings (SSSR count). The first kappa shape index (κ1) is 11.9. The SMILES string of the molecule is CC(=O)O[C@H]1C[C@@H]2C[C@H]1[C@H]1C(c3ccccc3)=NO[C@@H]21. The van der Waals surface area contributed by atoms with Gasteiger partial charge in [-0.15, -0.1) is 0 Å².